The highest BCUT2D eigenvalue weighted by atomic mass is 14.7. The van der Waals surface area contributed by atoms with Gasteiger partial charge in [-0.15, -0.1) is 0 Å². The van der Waals surface area contributed by atoms with Crippen molar-refractivity contribution in [3.05, 3.63) is 29.1 Å². The van der Waals surface area contributed by atoms with Gasteiger partial charge in [0.25, 0.3) is 0 Å². The Kier molecular flexibility index (Phi) is 2.10. The third-order valence-electron chi connectivity index (χ3n) is 2.94. The van der Waals surface area contributed by atoms with E-state index in [1.165, 1.54) is 24.1 Å². The molecule has 0 aromatic carbocycles. The minimum Gasteiger partial charge on any atom is -0.258 e. The van der Waals surface area contributed by atoms with Crippen molar-refractivity contribution in [1.29, 1.82) is 0 Å². The summed E-state index contributed by atoms with van der Waals surface area (Å²) in [5.41, 5.74) is 3.97. The predicted octanol–water partition coefficient (Wildman–Crippen LogP) is 3.08. The van der Waals surface area contributed by atoms with E-state index < -0.39 is 0 Å². The molecule has 0 saturated heterocycles. The molecule has 1 heteroatoms. The second-order valence-corrected chi connectivity index (χ2v) is 4.44. The standard InChI is InChI=1S/C12H17N/c1-8-6-9(2)12-11(7-8)5-4-10(3)13-12/h4-5,8-9H,6-7H2,1-3H3. The SMILES string of the molecule is Cc1ccc2c(n1)C(C)CC(C)C2. The van der Waals surface area contributed by atoms with Crippen molar-refractivity contribution >= 4 is 0 Å². The molecule has 1 aliphatic carbocycles. The van der Waals surface area contributed by atoms with Gasteiger partial charge in [0.05, 0.1) is 0 Å². The maximum Gasteiger partial charge on any atom is 0.0467 e. The minimum absolute atomic E-state index is 0.652. The molecule has 0 aliphatic heterocycles. The molecule has 0 bridgehead atoms. The van der Waals surface area contributed by atoms with Crippen LogP contribution in [0.25, 0.3) is 0 Å². The summed E-state index contributed by atoms with van der Waals surface area (Å²) < 4.78 is 0. The quantitative estimate of drug-likeness (QED) is 0.590. The second-order valence-electron chi connectivity index (χ2n) is 4.44. The molecule has 0 N–H and O–H groups in total. The highest BCUT2D eigenvalue weighted by molar-refractivity contribution is 5.28. The van der Waals surface area contributed by atoms with Crippen LogP contribution in [0.5, 0.6) is 0 Å². The van der Waals surface area contributed by atoms with Crippen molar-refractivity contribution in [1.82, 2.24) is 4.98 Å². The zero-order valence-corrected chi connectivity index (χ0v) is 8.67. The largest absolute Gasteiger partial charge is 0.258 e. The minimum atomic E-state index is 0.652. The van der Waals surface area contributed by atoms with Gasteiger partial charge in [-0.3, -0.25) is 4.98 Å². The van der Waals surface area contributed by atoms with Crippen LogP contribution in [-0.2, 0) is 6.42 Å². The maximum atomic E-state index is 4.63. The number of rotatable bonds is 0. The Bertz CT molecular complexity index is 317. The van der Waals surface area contributed by atoms with Crippen LogP contribution < -0.4 is 0 Å². The average molecular weight is 175 g/mol. The van der Waals surface area contributed by atoms with Crippen LogP contribution in [0.3, 0.4) is 0 Å². The number of aryl methyl sites for hydroxylation is 1. The lowest BCUT2D eigenvalue weighted by Crippen LogP contribution is -2.16. The first-order valence-electron chi connectivity index (χ1n) is 5.13. The zero-order valence-electron chi connectivity index (χ0n) is 8.67. The van der Waals surface area contributed by atoms with E-state index in [4.69, 9.17) is 0 Å². The number of hydrogen-bond acceptors (Lipinski definition) is 1. The van der Waals surface area contributed by atoms with Gasteiger partial charge in [-0.05, 0) is 43.2 Å². The fraction of sp³-hybridized carbons (Fsp3) is 0.583. The first-order chi connectivity index (χ1) is 6.16. The molecule has 1 aliphatic rings. The number of aromatic nitrogens is 1. The van der Waals surface area contributed by atoms with E-state index in [2.05, 4.69) is 37.9 Å². The molecule has 1 heterocycles. The van der Waals surface area contributed by atoms with E-state index >= 15 is 0 Å². The number of pyridine rings is 1. The second kappa shape index (κ2) is 3.13. The molecule has 2 unspecified atom stereocenters. The van der Waals surface area contributed by atoms with Crippen LogP contribution in [0.15, 0.2) is 12.1 Å². The fourth-order valence-electron chi connectivity index (χ4n) is 2.38. The monoisotopic (exact) mass is 175 g/mol. The summed E-state index contributed by atoms with van der Waals surface area (Å²) in [5.74, 6) is 1.48. The molecule has 70 valence electrons. The topological polar surface area (TPSA) is 12.9 Å². The van der Waals surface area contributed by atoms with Crippen molar-refractivity contribution in [3.8, 4) is 0 Å². The Balaban J connectivity index is 2.43. The van der Waals surface area contributed by atoms with Crippen LogP contribution in [-0.4, -0.2) is 4.98 Å². The van der Waals surface area contributed by atoms with Crippen LogP contribution in [0.4, 0.5) is 0 Å². The highest BCUT2D eigenvalue weighted by Gasteiger charge is 2.22. The molecule has 0 amide bonds. The van der Waals surface area contributed by atoms with Gasteiger partial charge >= 0.3 is 0 Å². The van der Waals surface area contributed by atoms with Crippen LogP contribution >= 0.6 is 0 Å². The smallest absolute Gasteiger partial charge is 0.0467 e. The summed E-state index contributed by atoms with van der Waals surface area (Å²) in [6.07, 6.45) is 2.51. The van der Waals surface area contributed by atoms with Gasteiger partial charge in [-0.1, -0.05) is 19.9 Å². The Labute approximate surface area is 80.2 Å². The summed E-state index contributed by atoms with van der Waals surface area (Å²) in [6.45, 7) is 6.70. The molecule has 1 nitrogen and oxygen atoms in total. The lowest BCUT2D eigenvalue weighted by atomic mass is 9.81. The fourth-order valence-corrected chi connectivity index (χ4v) is 2.38. The summed E-state index contributed by atoms with van der Waals surface area (Å²) in [7, 11) is 0. The molecule has 0 saturated carbocycles. The van der Waals surface area contributed by atoms with E-state index in [0.29, 0.717) is 5.92 Å². The molecule has 1 aromatic rings. The summed E-state index contributed by atoms with van der Waals surface area (Å²) in [6, 6.07) is 4.38. The molecule has 13 heavy (non-hydrogen) atoms. The molecule has 0 spiro atoms. The molecule has 0 radical (unpaired) electrons. The zero-order chi connectivity index (χ0) is 9.42. The average Bonchev–Trinajstić information content (AvgIpc) is 2.06. The van der Waals surface area contributed by atoms with E-state index in [1.54, 1.807) is 0 Å². The van der Waals surface area contributed by atoms with Crippen molar-refractivity contribution in [2.75, 3.05) is 0 Å². The Morgan fingerprint density at radius 1 is 1.31 bits per heavy atom. The number of nitrogens with zero attached hydrogens (tertiary/aromatic N) is 1. The normalized spacial score (nSPS) is 27.0. The lowest BCUT2D eigenvalue weighted by molar-refractivity contribution is 0.441. The van der Waals surface area contributed by atoms with E-state index in [-0.39, 0.29) is 0 Å². The Morgan fingerprint density at radius 3 is 2.85 bits per heavy atom. The third kappa shape index (κ3) is 1.60. The van der Waals surface area contributed by atoms with E-state index in [9.17, 15) is 0 Å². The molecule has 0 fully saturated rings. The van der Waals surface area contributed by atoms with Crippen LogP contribution in [0.1, 0.15) is 43.1 Å². The van der Waals surface area contributed by atoms with Gasteiger partial charge in [0.2, 0.25) is 0 Å². The van der Waals surface area contributed by atoms with Gasteiger partial charge in [-0.25, -0.2) is 0 Å². The maximum absolute atomic E-state index is 4.63. The van der Waals surface area contributed by atoms with Crippen LogP contribution in [0, 0.1) is 12.8 Å². The van der Waals surface area contributed by atoms with E-state index in [0.717, 1.165) is 11.6 Å². The predicted molar refractivity (Wildman–Crippen MR) is 54.9 cm³/mol. The van der Waals surface area contributed by atoms with Crippen molar-refractivity contribution in [2.24, 2.45) is 5.92 Å². The summed E-state index contributed by atoms with van der Waals surface area (Å²) in [4.78, 5) is 4.63. The highest BCUT2D eigenvalue weighted by Crippen LogP contribution is 2.32. The number of hydrogen-bond donors (Lipinski definition) is 0. The first-order valence-corrected chi connectivity index (χ1v) is 5.13. The molecular weight excluding hydrogens is 158 g/mol. The van der Waals surface area contributed by atoms with Crippen molar-refractivity contribution in [2.45, 2.75) is 39.5 Å². The Morgan fingerprint density at radius 2 is 2.08 bits per heavy atom. The van der Waals surface area contributed by atoms with Gasteiger partial charge < -0.3 is 0 Å². The summed E-state index contributed by atoms with van der Waals surface area (Å²) >= 11 is 0. The lowest BCUT2D eigenvalue weighted by Gasteiger charge is -2.26. The van der Waals surface area contributed by atoms with Gasteiger partial charge in [0, 0.05) is 11.4 Å². The molecule has 2 rings (SSSR count). The van der Waals surface area contributed by atoms with Crippen molar-refractivity contribution < 1.29 is 0 Å². The van der Waals surface area contributed by atoms with Crippen molar-refractivity contribution in [3.63, 3.8) is 0 Å². The Hall–Kier alpha value is -0.850. The molecule has 1 aromatic heterocycles. The molecule has 2 atom stereocenters. The van der Waals surface area contributed by atoms with E-state index in [1.807, 2.05) is 0 Å². The molecular formula is C12H17N. The van der Waals surface area contributed by atoms with Crippen LogP contribution in [0.2, 0.25) is 0 Å². The van der Waals surface area contributed by atoms with Gasteiger partial charge in [0.15, 0.2) is 0 Å². The number of fused-ring (bicyclic) bond motifs is 1. The third-order valence-corrected chi connectivity index (χ3v) is 2.94. The first kappa shape index (κ1) is 8.74. The van der Waals surface area contributed by atoms with Gasteiger partial charge in [-0.2, -0.15) is 0 Å². The summed E-state index contributed by atoms with van der Waals surface area (Å²) in [5, 5.41) is 0. The van der Waals surface area contributed by atoms with Gasteiger partial charge in [0.1, 0.15) is 0 Å².